The Bertz CT molecular complexity index is 403. The summed E-state index contributed by atoms with van der Waals surface area (Å²) in [4.78, 5) is 6.20. The third-order valence-corrected chi connectivity index (χ3v) is 4.47. The van der Waals surface area contributed by atoms with Gasteiger partial charge in [-0.2, -0.15) is 0 Å². The second kappa shape index (κ2) is 8.32. The summed E-state index contributed by atoms with van der Waals surface area (Å²) >= 11 is 11.1. The SMILES string of the molecule is CCN(CC)C(=S)c1ccc(C(=S)N(CC)CC)cc1. The van der Waals surface area contributed by atoms with Crippen molar-refractivity contribution >= 4 is 34.4 Å². The van der Waals surface area contributed by atoms with E-state index in [4.69, 9.17) is 24.4 Å². The van der Waals surface area contributed by atoms with Crippen LogP contribution in [0.5, 0.6) is 0 Å². The quantitative estimate of drug-likeness (QED) is 0.739. The van der Waals surface area contributed by atoms with Gasteiger partial charge in [0, 0.05) is 37.3 Å². The largest absolute Gasteiger partial charge is 0.363 e. The van der Waals surface area contributed by atoms with E-state index in [1.165, 1.54) is 0 Å². The molecule has 0 fully saturated rings. The van der Waals surface area contributed by atoms with Crippen molar-refractivity contribution in [2.45, 2.75) is 27.7 Å². The van der Waals surface area contributed by atoms with Gasteiger partial charge in [-0.3, -0.25) is 0 Å². The lowest BCUT2D eigenvalue weighted by atomic mass is 10.1. The Kier molecular flexibility index (Phi) is 7.10. The summed E-state index contributed by atoms with van der Waals surface area (Å²) in [5, 5.41) is 0. The minimum atomic E-state index is 0.912. The second-order valence-corrected chi connectivity index (χ2v) is 5.31. The maximum atomic E-state index is 5.53. The summed E-state index contributed by atoms with van der Waals surface area (Å²) in [6.45, 7) is 12.3. The van der Waals surface area contributed by atoms with Crippen LogP contribution >= 0.6 is 24.4 Å². The van der Waals surface area contributed by atoms with Crippen molar-refractivity contribution in [3.05, 3.63) is 35.4 Å². The Balaban J connectivity index is 2.88. The predicted molar refractivity (Wildman–Crippen MR) is 95.7 cm³/mol. The molecule has 0 saturated carbocycles. The molecule has 0 amide bonds. The highest BCUT2D eigenvalue weighted by atomic mass is 32.1. The van der Waals surface area contributed by atoms with Crippen LogP contribution < -0.4 is 0 Å². The number of hydrogen-bond donors (Lipinski definition) is 0. The van der Waals surface area contributed by atoms with Gasteiger partial charge in [-0.1, -0.05) is 48.7 Å². The van der Waals surface area contributed by atoms with Crippen molar-refractivity contribution in [1.82, 2.24) is 9.80 Å². The van der Waals surface area contributed by atoms with Crippen LogP contribution in [0.4, 0.5) is 0 Å². The van der Waals surface area contributed by atoms with Gasteiger partial charge in [-0.05, 0) is 27.7 Å². The van der Waals surface area contributed by atoms with E-state index in [0.717, 1.165) is 47.3 Å². The molecule has 0 heterocycles. The van der Waals surface area contributed by atoms with Crippen LogP contribution in [-0.4, -0.2) is 46.0 Å². The molecule has 0 saturated heterocycles. The van der Waals surface area contributed by atoms with E-state index in [0.29, 0.717) is 0 Å². The van der Waals surface area contributed by atoms with Crippen LogP contribution in [-0.2, 0) is 0 Å². The molecule has 0 aliphatic heterocycles. The van der Waals surface area contributed by atoms with Gasteiger partial charge in [0.25, 0.3) is 0 Å². The molecule has 1 rings (SSSR count). The Morgan fingerprint density at radius 2 is 0.950 bits per heavy atom. The summed E-state index contributed by atoms with van der Waals surface area (Å²) in [5.74, 6) is 0. The summed E-state index contributed by atoms with van der Waals surface area (Å²) in [7, 11) is 0. The number of nitrogens with zero attached hydrogens (tertiary/aromatic N) is 2. The number of thiocarbonyl (C=S) groups is 2. The molecular weight excluding hydrogens is 284 g/mol. The average Bonchev–Trinajstić information content (AvgIpc) is 2.49. The molecule has 0 aromatic heterocycles. The topological polar surface area (TPSA) is 6.48 Å². The van der Waals surface area contributed by atoms with Crippen molar-refractivity contribution < 1.29 is 0 Å². The first-order valence-electron chi connectivity index (χ1n) is 7.27. The molecule has 110 valence electrons. The number of benzene rings is 1. The first kappa shape index (κ1) is 17.1. The third-order valence-electron chi connectivity index (χ3n) is 3.48. The summed E-state index contributed by atoms with van der Waals surface area (Å²) in [6, 6.07) is 8.30. The monoisotopic (exact) mass is 308 g/mol. The molecule has 0 unspecified atom stereocenters. The van der Waals surface area contributed by atoms with Crippen molar-refractivity contribution in [2.24, 2.45) is 0 Å². The third kappa shape index (κ3) is 4.00. The molecule has 0 radical (unpaired) electrons. The molecule has 0 atom stereocenters. The minimum absolute atomic E-state index is 0.912. The van der Waals surface area contributed by atoms with Crippen molar-refractivity contribution in [3.8, 4) is 0 Å². The van der Waals surface area contributed by atoms with Crippen molar-refractivity contribution in [3.63, 3.8) is 0 Å². The fourth-order valence-electron chi connectivity index (χ4n) is 2.14. The smallest absolute Gasteiger partial charge is 0.109 e. The average molecular weight is 309 g/mol. The lowest BCUT2D eigenvalue weighted by Crippen LogP contribution is -2.30. The van der Waals surface area contributed by atoms with Gasteiger partial charge in [0.2, 0.25) is 0 Å². The van der Waals surface area contributed by atoms with Crippen LogP contribution in [0.15, 0.2) is 24.3 Å². The van der Waals surface area contributed by atoms with E-state index >= 15 is 0 Å². The Labute approximate surface area is 133 Å². The second-order valence-electron chi connectivity index (χ2n) is 4.53. The molecule has 0 N–H and O–H groups in total. The molecule has 0 bridgehead atoms. The maximum absolute atomic E-state index is 5.53. The zero-order valence-electron chi connectivity index (χ0n) is 12.8. The molecule has 20 heavy (non-hydrogen) atoms. The minimum Gasteiger partial charge on any atom is -0.363 e. The first-order valence-corrected chi connectivity index (χ1v) is 8.09. The van der Waals surface area contributed by atoms with Gasteiger partial charge in [-0.15, -0.1) is 0 Å². The molecule has 1 aromatic carbocycles. The highest BCUT2D eigenvalue weighted by Gasteiger charge is 2.11. The van der Waals surface area contributed by atoms with Crippen LogP contribution in [0.1, 0.15) is 38.8 Å². The van der Waals surface area contributed by atoms with Gasteiger partial charge in [0.05, 0.1) is 0 Å². The number of hydrogen-bond acceptors (Lipinski definition) is 2. The molecule has 1 aromatic rings. The van der Waals surface area contributed by atoms with E-state index in [9.17, 15) is 0 Å². The molecule has 0 spiro atoms. The fraction of sp³-hybridized carbons (Fsp3) is 0.500. The molecule has 0 aliphatic rings. The summed E-state index contributed by atoms with van der Waals surface area (Å²) in [6.07, 6.45) is 0. The van der Waals surface area contributed by atoms with E-state index in [-0.39, 0.29) is 0 Å². The Hall–Kier alpha value is -1.00. The summed E-state index contributed by atoms with van der Waals surface area (Å²) < 4.78 is 0. The van der Waals surface area contributed by atoms with E-state index in [1.807, 2.05) is 0 Å². The van der Waals surface area contributed by atoms with E-state index in [2.05, 4.69) is 61.8 Å². The van der Waals surface area contributed by atoms with Gasteiger partial charge >= 0.3 is 0 Å². The lowest BCUT2D eigenvalue weighted by Gasteiger charge is -2.23. The van der Waals surface area contributed by atoms with Gasteiger partial charge in [0.15, 0.2) is 0 Å². The van der Waals surface area contributed by atoms with Gasteiger partial charge in [-0.25, -0.2) is 0 Å². The van der Waals surface area contributed by atoms with Gasteiger partial charge < -0.3 is 9.80 Å². The van der Waals surface area contributed by atoms with Crippen LogP contribution in [0.25, 0.3) is 0 Å². The van der Waals surface area contributed by atoms with Gasteiger partial charge in [0.1, 0.15) is 9.98 Å². The van der Waals surface area contributed by atoms with E-state index in [1.54, 1.807) is 0 Å². The molecule has 0 aliphatic carbocycles. The molecular formula is C16H24N2S2. The lowest BCUT2D eigenvalue weighted by molar-refractivity contribution is 0.474. The zero-order chi connectivity index (χ0) is 15.1. The Morgan fingerprint density at radius 3 is 1.15 bits per heavy atom. The van der Waals surface area contributed by atoms with Crippen molar-refractivity contribution in [2.75, 3.05) is 26.2 Å². The standard InChI is InChI=1S/C16H24N2S2/c1-5-17(6-2)15(19)13-9-11-14(12-10-13)16(20)18(7-3)8-4/h9-12H,5-8H2,1-4H3. The van der Waals surface area contributed by atoms with Crippen LogP contribution in [0.3, 0.4) is 0 Å². The normalized spacial score (nSPS) is 10.2. The van der Waals surface area contributed by atoms with Crippen LogP contribution in [0.2, 0.25) is 0 Å². The zero-order valence-corrected chi connectivity index (χ0v) is 14.5. The van der Waals surface area contributed by atoms with Crippen LogP contribution in [0, 0.1) is 0 Å². The van der Waals surface area contributed by atoms with E-state index < -0.39 is 0 Å². The summed E-state index contributed by atoms with van der Waals surface area (Å²) in [5.41, 5.74) is 2.18. The highest BCUT2D eigenvalue weighted by Crippen LogP contribution is 2.12. The predicted octanol–water partition coefficient (Wildman–Crippen LogP) is 3.72. The molecule has 2 nitrogen and oxygen atoms in total. The first-order chi connectivity index (χ1) is 9.58. The molecule has 4 heteroatoms. The van der Waals surface area contributed by atoms with Crippen molar-refractivity contribution in [1.29, 1.82) is 0 Å². The Morgan fingerprint density at radius 1 is 0.700 bits per heavy atom. The maximum Gasteiger partial charge on any atom is 0.109 e. The number of rotatable bonds is 6. The highest BCUT2D eigenvalue weighted by molar-refractivity contribution is 7.81. The fourth-order valence-corrected chi connectivity index (χ4v) is 2.93.